The van der Waals surface area contributed by atoms with E-state index in [9.17, 15) is 0 Å². The zero-order valence-electron chi connectivity index (χ0n) is 7.09. The molecule has 0 saturated heterocycles. The summed E-state index contributed by atoms with van der Waals surface area (Å²) in [6, 6.07) is 0. The fourth-order valence-corrected chi connectivity index (χ4v) is 7.01. The quantitative estimate of drug-likeness (QED) is 0.651. The minimum absolute atomic E-state index is 0.784. The number of hydrogen-bond donors (Lipinski definition) is 1. The summed E-state index contributed by atoms with van der Waals surface area (Å²) >= 11 is 4.08. The van der Waals surface area contributed by atoms with Crippen molar-refractivity contribution in [2.45, 2.75) is 20.6 Å². The molecule has 0 aromatic carbocycles. The van der Waals surface area contributed by atoms with Crippen LogP contribution < -0.4 is 3.71 Å². The Labute approximate surface area is 81.5 Å². The monoisotopic (exact) mass is 295 g/mol. The molecule has 0 radical (unpaired) electrons. The minimum atomic E-state index is -1.85. The molecule has 1 aromatic heterocycles. The van der Waals surface area contributed by atoms with E-state index in [4.69, 9.17) is 0 Å². The molecule has 0 amide bonds. The van der Waals surface area contributed by atoms with E-state index in [1.807, 2.05) is 0 Å². The molecule has 0 aliphatic carbocycles. The first-order valence-electron chi connectivity index (χ1n) is 3.60. The number of thiazole rings is 1. The van der Waals surface area contributed by atoms with Gasteiger partial charge >= 0.3 is 82.0 Å². The van der Waals surface area contributed by atoms with Gasteiger partial charge in [-0.15, -0.1) is 0 Å². The second-order valence-electron chi connectivity index (χ2n) is 3.53. The van der Waals surface area contributed by atoms with Crippen molar-refractivity contribution in [1.29, 1.82) is 0 Å². The molecule has 0 bridgehead atoms. The average molecular weight is 294 g/mol. The van der Waals surface area contributed by atoms with E-state index >= 15 is 0 Å². The van der Waals surface area contributed by atoms with Gasteiger partial charge in [-0.25, -0.2) is 0 Å². The third-order valence-electron chi connectivity index (χ3n) is 1.46. The molecule has 11 heavy (non-hydrogen) atoms. The van der Waals surface area contributed by atoms with Crippen molar-refractivity contribution in [2.24, 2.45) is 0 Å². The van der Waals surface area contributed by atoms with E-state index < -0.39 is 18.4 Å². The third-order valence-corrected chi connectivity index (χ3v) is 8.53. The summed E-state index contributed by atoms with van der Waals surface area (Å²) in [4.78, 5) is 11.7. The number of aromatic nitrogens is 1. The van der Waals surface area contributed by atoms with Crippen molar-refractivity contribution in [1.82, 2.24) is 4.98 Å². The summed E-state index contributed by atoms with van der Waals surface area (Å²) in [6.45, 7) is 0. The predicted octanol–water partition coefficient (Wildman–Crippen LogP) is 2.12. The van der Waals surface area contributed by atoms with E-state index in [0.29, 0.717) is 0 Å². The maximum absolute atomic E-state index is 4.54. The molecular formula is C7H13NS2Sn. The van der Waals surface area contributed by atoms with Crippen LogP contribution in [-0.4, -0.2) is 23.4 Å². The molecule has 0 spiro atoms. The number of hydrogen-bond acceptors (Lipinski definition) is 3. The van der Waals surface area contributed by atoms with Gasteiger partial charge < -0.3 is 0 Å². The van der Waals surface area contributed by atoms with Gasteiger partial charge in [0.15, 0.2) is 0 Å². The summed E-state index contributed by atoms with van der Waals surface area (Å²) < 4.78 is 1.38. The fourth-order valence-electron chi connectivity index (χ4n) is 0.728. The van der Waals surface area contributed by atoms with Gasteiger partial charge in [-0.3, -0.25) is 0 Å². The van der Waals surface area contributed by atoms with Gasteiger partial charge in [-0.2, -0.15) is 0 Å². The standard InChI is InChI=1S/C4H4NS2.3CH3.Sn/c6-3-4-5-1-2-7-4;;;;/h2,6H,3H2;3*1H3;. The van der Waals surface area contributed by atoms with Gasteiger partial charge in [0, 0.05) is 0 Å². The molecule has 1 heterocycles. The third kappa shape index (κ3) is 2.63. The van der Waals surface area contributed by atoms with Crippen LogP contribution in [0.5, 0.6) is 0 Å². The number of thiol groups is 1. The molecule has 0 atom stereocenters. The van der Waals surface area contributed by atoms with Crippen molar-refractivity contribution in [3.05, 3.63) is 10.4 Å². The Morgan fingerprint density at radius 2 is 2.18 bits per heavy atom. The molecule has 62 valence electrons. The van der Waals surface area contributed by atoms with Crippen LogP contribution in [-0.2, 0) is 5.75 Å². The van der Waals surface area contributed by atoms with E-state index in [1.165, 1.54) is 3.71 Å². The van der Waals surface area contributed by atoms with Gasteiger partial charge in [-0.1, -0.05) is 0 Å². The molecule has 0 fully saturated rings. The van der Waals surface area contributed by atoms with Crippen LogP contribution in [0.3, 0.4) is 0 Å². The molecule has 0 unspecified atom stereocenters. The van der Waals surface area contributed by atoms with Gasteiger partial charge in [-0.05, 0) is 0 Å². The van der Waals surface area contributed by atoms with Gasteiger partial charge in [0.1, 0.15) is 0 Å². The van der Waals surface area contributed by atoms with E-state index in [1.54, 1.807) is 11.3 Å². The Morgan fingerprint density at radius 3 is 2.45 bits per heavy atom. The van der Waals surface area contributed by atoms with Crippen molar-refractivity contribution < 1.29 is 0 Å². The molecule has 0 aliphatic heterocycles. The summed E-state index contributed by atoms with van der Waals surface area (Å²) in [5.41, 5.74) is 0. The molecule has 0 N–H and O–H groups in total. The first kappa shape index (κ1) is 9.86. The Hall–Kier alpha value is 0.779. The Balaban J connectivity index is 2.89. The van der Waals surface area contributed by atoms with Crippen LogP contribution >= 0.6 is 24.0 Å². The number of rotatable bonds is 2. The first-order valence-corrected chi connectivity index (χ1v) is 15.1. The second kappa shape index (κ2) is 3.66. The number of nitrogens with zero attached hydrogens (tertiary/aromatic N) is 1. The Kier molecular flexibility index (Phi) is 3.28. The van der Waals surface area contributed by atoms with E-state index in [0.717, 1.165) is 10.8 Å². The van der Waals surface area contributed by atoms with Gasteiger partial charge in [0.25, 0.3) is 0 Å². The molecule has 1 rings (SSSR count). The molecule has 0 saturated carbocycles. The van der Waals surface area contributed by atoms with Crippen molar-refractivity contribution in [2.75, 3.05) is 0 Å². The molecule has 0 aliphatic rings. The average Bonchev–Trinajstić information content (AvgIpc) is 2.32. The van der Waals surface area contributed by atoms with Crippen LogP contribution in [0, 0.1) is 0 Å². The Morgan fingerprint density at radius 1 is 1.55 bits per heavy atom. The molecule has 1 aromatic rings. The van der Waals surface area contributed by atoms with Gasteiger partial charge in [0.05, 0.1) is 0 Å². The summed E-state index contributed by atoms with van der Waals surface area (Å²) in [7, 11) is 0. The predicted molar refractivity (Wildman–Crippen MR) is 57.8 cm³/mol. The van der Waals surface area contributed by atoms with Crippen LogP contribution in [0.1, 0.15) is 5.01 Å². The van der Waals surface area contributed by atoms with Crippen molar-refractivity contribution in [3.8, 4) is 0 Å². The SMILES string of the molecule is [CH3][Sn]([CH3])([CH3])[c]1csc(CS)n1. The Bertz CT molecular complexity index is 239. The zero-order valence-corrected chi connectivity index (χ0v) is 11.7. The topological polar surface area (TPSA) is 12.9 Å². The van der Waals surface area contributed by atoms with E-state index in [-0.39, 0.29) is 0 Å². The van der Waals surface area contributed by atoms with Crippen LogP contribution in [0.4, 0.5) is 0 Å². The van der Waals surface area contributed by atoms with Crippen LogP contribution in [0.25, 0.3) is 0 Å². The zero-order chi connectivity index (χ0) is 8.48. The van der Waals surface area contributed by atoms with Crippen molar-refractivity contribution >= 4 is 46.1 Å². The van der Waals surface area contributed by atoms with Crippen LogP contribution in [0.15, 0.2) is 5.38 Å². The molecule has 4 heteroatoms. The van der Waals surface area contributed by atoms with E-state index in [2.05, 4.69) is 37.8 Å². The van der Waals surface area contributed by atoms with Crippen molar-refractivity contribution in [3.63, 3.8) is 0 Å². The second-order valence-corrected chi connectivity index (χ2v) is 19.1. The van der Waals surface area contributed by atoms with Gasteiger partial charge in [0.2, 0.25) is 0 Å². The van der Waals surface area contributed by atoms with Crippen LogP contribution in [0.2, 0.25) is 14.8 Å². The molecule has 1 nitrogen and oxygen atoms in total. The molecular weight excluding hydrogens is 281 g/mol. The summed E-state index contributed by atoms with van der Waals surface area (Å²) in [6.07, 6.45) is 0. The maximum atomic E-state index is 4.54. The normalized spacial score (nSPS) is 12.0. The first-order chi connectivity index (χ1) is 5.04. The summed E-state index contributed by atoms with van der Waals surface area (Å²) in [5.74, 6) is 0.784. The fraction of sp³-hybridized carbons (Fsp3) is 0.571. The summed E-state index contributed by atoms with van der Waals surface area (Å²) in [5, 5.41) is 3.37.